The molecule has 0 aliphatic heterocycles. The fraction of sp³-hybridized carbons (Fsp3) is 0.357. The second kappa shape index (κ2) is 5.36. The molecule has 0 aliphatic carbocycles. The van der Waals surface area contributed by atoms with Gasteiger partial charge in [-0.25, -0.2) is 0 Å². The van der Waals surface area contributed by atoms with Crippen molar-refractivity contribution in [3.05, 3.63) is 42.0 Å². The average Bonchev–Trinajstić information content (AvgIpc) is 2.18. The van der Waals surface area contributed by atoms with Gasteiger partial charge in [0.2, 0.25) is 0 Å². The number of allylic oxidation sites excluding steroid dienone is 1. The predicted octanol–water partition coefficient (Wildman–Crippen LogP) is 3.95. The van der Waals surface area contributed by atoms with Gasteiger partial charge in [0.05, 0.1) is 6.07 Å². The van der Waals surface area contributed by atoms with Gasteiger partial charge in [0.15, 0.2) is 0 Å². The molecule has 1 heteroatoms. The fourth-order valence-corrected chi connectivity index (χ4v) is 1.56. The Morgan fingerprint density at radius 1 is 1.40 bits per heavy atom. The van der Waals surface area contributed by atoms with Gasteiger partial charge in [0, 0.05) is 6.42 Å². The molecule has 0 radical (unpaired) electrons. The monoisotopic (exact) mass is 199 g/mol. The highest BCUT2D eigenvalue weighted by Crippen LogP contribution is 2.22. The molecule has 0 saturated heterocycles. The van der Waals surface area contributed by atoms with Crippen LogP contribution in [0.15, 0.2) is 30.8 Å². The van der Waals surface area contributed by atoms with Crippen molar-refractivity contribution in [1.82, 2.24) is 0 Å². The number of rotatable bonds is 4. The number of hydrogen-bond acceptors (Lipinski definition) is 1. The van der Waals surface area contributed by atoms with Gasteiger partial charge < -0.3 is 0 Å². The van der Waals surface area contributed by atoms with Crippen LogP contribution in [0.2, 0.25) is 0 Å². The Labute approximate surface area is 92.1 Å². The lowest BCUT2D eigenvalue weighted by atomic mass is 9.94. The van der Waals surface area contributed by atoms with E-state index in [1.54, 1.807) is 0 Å². The molecule has 1 aromatic rings. The quantitative estimate of drug-likeness (QED) is 0.720. The molecule has 1 rings (SSSR count). The van der Waals surface area contributed by atoms with Crippen LogP contribution in [-0.4, -0.2) is 0 Å². The van der Waals surface area contributed by atoms with Crippen LogP contribution in [0.1, 0.15) is 30.9 Å². The molecular weight excluding hydrogens is 182 g/mol. The first-order chi connectivity index (χ1) is 7.13. The van der Waals surface area contributed by atoms with Crippen LogP contribution in [0.3, 0.4) is 0 Å². The molecule has 0 aliphatic rings. The normalized spacial score (nSPS) is 11.8. The van der Waals surface area contributed by atoms with E-state index in [0.29, 0.717) is 12.3 Å². The third-order valence-corrected chi connectivity index (χ3v) is 2.49. The zero-order chi connectivity index (χ0) is 11.3. The standard InChI is InChI=1S/C14H17N/c1-11-4-6-14(7-5-11)13(3)10-12(2)8-9-15/h4-7,12H,3,8,10H2,1-2H3. The van der Waals surface area contributed by atoms with Crippen LogP contribution in [0.5, 0.6) is 0 Å². The molecule has 0 aromatic heterocycles. The van der Waals surface area contributed by atoms with Crippen molar-refractivity contribution in [3.8, 4) is 6.07 Å². The summed E-state index contributed by atoms with van der Waals surface area (Å²) in [5, 5.41) is 8.58. The minimum absolute atomic E-state index is 0.392. The van der Waals surface area contributed by atoms with Gasteiger partial charge in [-0.2, -0.15) is 5.26 Å². The Hall–Kier alpha value is -1.55. The average molecular weight is 199 g/mol. The van der Waals surface area contributed by atoms with E-state index < -0.39 is 0 Å². The summed E-state index contributed by atoms with van der Waals surface area (Å²) in [6, 6.07) is 10.6. The Morgan fingerprint density at radius 2 is 2.00 bits per heavy atom. The van der Waals surface area contributed by atoms with Gasteiger partial charge in [-0.15, -0.1) is 0 Å². The fourth-order valence-electron chi connectivity index (χ4n) is 1.56. The summed E-state index contributed by atoms with van der Waals surface area (Å²) in [6.45, 7) is 8.23. The topological polar surface area (TPSA) is 23.8 Å². The van der Waals surface area contributed by atoms with Crippen molar-refractivity contribution in [3.63, 3.8) is 0 Å². The Bertz CT molecular complexity index is 367. The Balaban J connectivity index is 2.62. The summed E-state index contributed by atoms with van der Waals surface area (Å²) < 4.78 is 0. The predicted molar refractivity (Wildman–Crippen MR) is 64.2 cm³/mol. The lowest BCUT2D eigenvalue weighted by Crippen LogP contribution is -1.94. The van der Waals surface area contributed by atoms with Crippen LogP contribution >= 0.6 is 0 Å². The third kappa shape index (κ3) is 3.59. The molecule has 0 amide bonds. The van der Waals surface area contributed by atoms with Crippen molar-refractivity contribution in [2.24, 2.45) is 5.92 Å². The molecule has 0 heterocycles. The summed E-state index contributed by atoms with van der Waals surface area (Å²) in [6.07, 6.45) is 1.50. The number of aryl methyl sites for hydroxylation is 1. The molecule has 1 aromatic carbocycles. The maximum Gasteiger partial charge on any atom is 0.0624 e. The number of nitrogens with zero attached hydrogens (tertiary/aromatic N) is 1. The third-order valence-electron chi connectivity index (χ3n) is 2.49. The zero-order valence-electron chi connectivity index (χ0n) is 9.46. The highest BCUT2D eigenvalue weighted by Gasteiger charge is 2.05. The highest BCUT2D eigenvalue weighted by molar-refractivity contribution is 5.63. The molecule has 78 valence electrons. The number of benzene rings is 1. The van der Waals surface area contributed by atoms with E-state index in [1.807, 2.05) is 0 Å². The van der Waals surface area contributed by atoms with Crippen LogP contribution in [-0.2, 0) is 0 Å². The van der Waals surface area contributed by atoms with Crippen molar-refractivity contribution in [2.45, 2.75) is 26.7 Å². The molecule has 0 saturated carbocycles. The van der Waals surface area contributed by atoms with Crippen molar-refractivity contribution in [1.29, 1.82) is 5.26 Å². The summed E-state index contributed by atoms with van der Waals surface area (Å²) in [5.74, 6) is 0.392. The first-order valence-corrected chi connectivity index (χ1v) is 5.25. The van der Waals surface area contributed by atoms with E-state index in [2.05, 4.69) is 50.8 Å². The molecule has 0 fully saturated rings. The number of hydrogen-bond donors (Lipinski definition) is 0. The summed E-state index contributed by atoms with van der Waals surface area (Å²) in [5.41, 5.74) is 3.57. The van der Waals surface area contributed by atoms with Crippen LogP contribution in [0.25, 0.3) is 5.57 Å². The van der Waals surface area contributed by atoms with Crippen molar-refractivity contribution in [2.75, 3.05) is 0 Å². The lowest BCUT2D eigenvalue weighted by Gasteiger charge is -2.10. The minimum atomic E-state index is 0.392. The smallest absolute Gasteiger partial charge is 0.0624 e. The molecule has 1 atom stereocenters. The summed E-state index contributed by atoms with van der Waals surface area (Å²) >= 11 is 0. The van der Waals surface area contributed by atoms with E-state index in [4.69, 9.17) is 5.26 Å². The maximum absolute atomic E-state index is 8.58. The Morgan fingerprint density at radius 3 is 2.53 bits per heavy atom. The first-order valence-electron chi connectivity index (χ1n) is 5.25. The SMILES string of the molecule is C=C(CC(C)CC#N)c1ccc(C)cc1. The first kappa shape index (κ1) is 11.5. The molecule has 15 heavy (non-hydrogen) atoms. The van der Waals surface area contributed by atoms with E-state index in [9.17, 15) is 0 Å². The van der Waals surface area contributed by atoms with Gasteiger partial charge in [-0.05, 0) is 30.4 Å². The molecule has 0 N–H and O–H groups in total. The summed E-state index contributed by atoms with van der Waals surface area (Å²) in [4.78, 5) is 0. The lowest BCUT2D eigenvalue weighted by molar-refractivity contribution is 0.618. The maximum atomic E-state index is 8.58. The van der Waals surface area contributed by atoms with Gasteiger partial charge in [0.25, 0.3) is 0 Å². The second-order valence-electron chi connectivity index (χ2n) is 4.14. The van der Waals surface area contributed by atoms with E-state index in [-0.39, 0.29) is 0 Å². The van der Waals surface area contributed by atoms with E-state index in [0.717, 1.165) is 12.0 Å². The zero-order valence-corrected chi connectivity index (χ0v) is 9.46. The van der Waals surface area contributed by atoms with E-state index >= 15 is 0 Å². The van der Waals surface area contributed by atoms with Crippen molar-refractivity contribution >= 4 is 5.57 Å². The highest BCUT2D eigenvalue weighted by atomic mass is 14.2. The second-order valence-corrected chi connectivity index (χ2v) is 4.14. The van der Waals surface area contributed by atoms with Crippen LogP contribution in [0.4, 0.5) is 0 Å². The molecular formula is C14H17N. The van der Waals surface area contributed by atoms with Gasteiger partial charge in [-0.3, -0.25) is 0 Å². The molecule has 0 spiro atoms. The largest absolute Gasteiger partial charge is 0.198 e. The number of nitriles is 1. The molecule has 0 bridgehead atoms. The molecule has 1 unspecified atom stereocenters. The van der Waals surface area contributed by atoms with Gasteiger partial charge in [-0.1, -0.05) is 43.3 Å². The summed E-state index contributed by atoms with van der Waals surface area (Å²) in [7, 11) is 0. The Kier molecular flexibility index (Phi) is 4.12. The van der Waals surface area contributed by atoms with Gasteiger partial charge >= 0.3 is 0 Å². The van der Waals surface area contributed by atoms with Crippen molar-refractivity contribution < 1.29 is 0 Å². The van der Waals surface area contributed by atoms with Crippen LogP contribution < -0.4 is 0 Å². The van der Waals surface area contributed by atoms with Crippen LogP contribution in [0, 0.1) is 24.2 Å². The van der Waals surface area contributed by atoms with E-state index in [1.165, 1.54) is 11.1 Å². The molecule has 1 nitrogen and oxygen atoms in total. The minimum Gasteiger partial charge on any atom is -0.198 e. The van der Waals surface area contributed by atoms with Gasteiger partial charge in [0.1, 0.15) is 0 Å².